The van der Waals surface area contributed by atoms with E-state index in [0.29, 0.717) is 33.7 Å². The zero-order valence-electron chi connectivity index (χ0n) is 18.0. The summed E-state index contributed by atoms with van der Waals surface area (Å²) in [5, 5.41) is 11.8. The van der Waals surface area contributed by atoms with E-state index in [9.17, 15) is 9.18 Å². The van der Waals surface area contributed by atoms with Crippen LogP contribution >= 0.6 is 11.8 Å². The Labute approximate surface area is 194 Å². The third-order valence-corrected chi connectivity index (χ3v) is 5.69. The van der Waals surface area contributed by atoms with Crippen LogP contribution in [-0.4, -0.2) is 40.6 Å². The molecule has 0 aliphatic rings. The van der Waals surface area contributed by atoms with E-state index in [0.717, 1.165) is 5.69 Å². The first kappa shape index (κ1) is 22.3. The summed E-state index contributed by atoms with van der Waals surface area (Å²) >= 11 is 1.21. The summed E-state index contributed by atoms with van der Waals surface area (Å²) in [6.45, 7) is 0. The van der Waals surface area contributed by atoms with Crippen LogP contribution in [0.3, 0.4) is 0 Å². The highest BCUT2D eigenvalue weighted by atomic mass is 32.2. The number of carbonyl (C=O) groups is 1. The SMILES string of the molecule is COc1ccc(NC(=O)CSc2nnc(-c3ccccc3F)n2-c2ccccc2)cc1OC. The second-order valence-electron chi connectivity index (χ2n) is 6.86. The maximum atomic E-state index is 14.5. The lowest BCUT2D eigenvalue weighted by atomic mass is 10.2. The lowest BCUT2D eigenvalue weighted by molar-refractivity contribution is -0.113. The molecule has 0 saturated carbocycles. The van der Waals surface area contributed by atoms with Crippen molar-refractivity contribution in [3.63, 3.8) is 0 Å². The largest absolute Gasteiger partial charge is 0.493 e. The van der Waals surface area contributed by atoms with Gasteiger partial charge in [-0.05, 0) is 36.4 Å². The summed E-state index contributed by atoms with van der Waals surface area (Å²) in [5.41, 5.74) is 1.67. The second kappa shape index (κ2) is 10.2. The molecule has 33 heavy (non-hydrogen) atoms. The van der Waals surface area contributed by atoms with Crippen LogP contribution in [-0.2, 0) is 4.79 Å². The Morgan fingerprint density at radius 2 is 1.70 bits per heavy atom. The zero-order chi connectivity index (χ0) is 23.2. The summed E-state index contributed by atoms with van der Waals surface area (Å²) in [7, 11) is 3.08. The fourth-order valence-electron chi connectivity index (χ4n) is 3.23. The second-order valence-corrected chi connectivity index (χ2v) is 7.81. The van der Waals surface area contributed by atoms with Gasteiger partial charge in [-0.1, -0.05) is 42.1 Å². The Kier molecular flexibility index (Phi) is 6.89. The number of thioether (sulfide) groups is 1. The number of amides is 1. The molecule has 0 saturated heterocycles. The average molecular weight is 465 g/mol. The molecule has 0 atom stereocenters. The average Bonchev–Trinajstić information content (AvgIpc) is 3.27. The normalized spacial score (nSPS) is 10.6. The highest BCUT2D eigenvalue weighted by Gasteiger charge is 2.19. The van der Waals surface area contributed by atoms with Crippen LogP contribution in [0.2, 0.25) is 0 Å². The van der Waals surface area contributed by atoms with E-state index < -0.39 is 5.82 Å². The van der Waals surface area contributed by atoms with E-state index in [-0.39, 0.29) is 11.7 Å². The van der Waals surface area contributed by atoms with E-state index in [1.807, 2.05) is 30.3 Å². The predicted octanol–water partition coefficient (Wildman–Crippen LogP) is 4.82. The van der Waals surface area contributed by atoms with Gasteiger partial charge in [0.1, 0.15) is 5.82 Å². The van der Waals surface area contributed by atoms with Gasteiger partial charge in [0.05, 0.1) is 25.5 Å². The van der Waals surface area contributed by atoms with Crippen LogP contribution in [0.25, 0.3) is 17.1 Å². The molecule has 4 aromatic rings. The molecule has 1 N–H and O–H groups in total. The Morgan fingerprint density at radius 3 is 2.42 bits per heavy atom. The number of rotatable bonds is 8. The predicted molar refractivity (Wildman–Crippen MR) is 126 cm³/mol. The van der Waals surface area contributed by atoms with Crippen LogP contribution < -0.4 is 14.8 Å². The molecule has 9 heteroatoms. The van der Waals surface area contributed by atoms with Crippen molar-refractivity contribution in [2.24, 2.45) is 0 Å². The molecule has 168 valence electrons. The molecule has 0 aliphatic carbocycles. The smallest absolute Gasteiger partial charge is 0.234 e. The third kappa shape index (κ3) is 4.98. The highest BCUT2D eigenvalue weighted by molar-refractivity contribution is 7.99. The first-order valence-electron chi connectivity index (χ1n) is 10.0. The van der Waals surface area contributed by atoms with E-state index in [4.69, 9.17) is 9.47 Å². The van der Waals surface area contributed by atoms with Crippen molar-refractivity contribution in [2.45, 2.75) is 5.16 Å². The maximum Gasteiger partial charge on any atom is 0.234 e. The van der Waals surface area contributed by atoms with Gasteiger partial charge in [0.2, 0.25) is 5.91 Å². The summed E-state index contributed by atoms with van der Waals surface area (Å²) in [4.78, 5) is 12.6. The van der Waals surface area contributed by atoms with Gasteiger partial charge in [-0.3, -0.25) is 9.36 Å². The number of ether oxygens (including phenoxy) is 2. The fourth-order valence-corrected chi connectivity index (χ4v) is 3.98. The third-order valence-electron chi connectivity index (χ3n) is 4.76. The van der Waals surface area contributed by atoms with Crippen molar-refractivity contribution in [3.05, 3.63) is 78.6 Å². The number of halogens is 1. The molecule has 0 spiro atoms. The fraction of sp³-hybridized carbons (Fsp3) is 0.125. The number of benzene rings is 3. The number of hydrogen-bond donors (Lipinski definition) is 1. The first-order chi connectivity index (χ1) is 16.1. The number of para-hydroxylation sites is 1. The molecule has 0 bridgehead atoms. The molecule has 0 fully saturated rings. The lowest BCUT2D eigenvalue weighted by Gasteiger charge is -2.12. The summed E-state index contributed by atoms with van der Waals surface area (Å²) < 4.78 is 26.7. The standard InChI is InChI=1S/C24H21FN4O3S/c1-31-20-13-12-16(14-21(20)32-2)26-22(30)15-33-24-28-27-23(18-10-6-7-11-19(18)25)29(24)17-8-4-3-5-9-17/h3-14H,15H2,1-2H3,(H,26,30). The molecule has 0 radical (unpaired) electrons. The van der Waals surface area contributed by atoms with Crippen molar-refractivity contribution < 1.29 is 18.7 Å². The van der Waals surface area contributed by atoms with Crippen molar-refractivity contribution in [2.75, 3.05) is 25.3 Å². The Bertz CT molecular complexity index is 1260. The van der Waals surface area contributed by atoms with E-state index in [1.165, 1.54) is 24.9 Å². The van der Waals surface area contributed by atoms with Gasteiger partial charge < -0.3 is 14.8 Å². The number of nitrogens with zero attached hydrogens (tertiary/aromatic N) is 3. The topological polar surface area (TPSA) is 78.3 Å². The van der Waals surface area contributed by atoms with Gasteiger partial charge in [0, 0.05) is 17.4 Å². The van der Waals surface area contributed by atoms with Gasteiger partial charge in [-0.2, -0.15) is 0 Å². The maximum absolute atomic E-state index is 14.5. The lowest BCUT2D eigenvalue weighted by Crippen LogP contribution is -2.14. The van der Waals surface area contributed by atoms with Gasteiger partial charge in [0.25, 0.3) is 0 Å². The number of aromatic nitrogens is 3. The van der Waals surface area contributed by atoms with Crippen molar-refractivity contribution in [3.8, 4) is 28.6 Å². The monoisotopic (exact) mass is 464 g/mol. The minimum Gasteiger partial charge on any atom is -0.493 e. The molecule has 1 amide bonds. The Morgan fingerprint density at radius 1 is 0.970 bits per heavy atom. The number of anilines is 1. The molecule has 1 heterocycles. The molecule has 0 aliphatic heterocycles. The van der Waals surface area contributed by atoms with Gasteiger partial charge in [-0.25, -0.2) is 4.39 Å². The summed E-state index contributed by atoms with van der Waals surface area (Å²) in [6, 6.07) is 20.9. The van der Waals surface area contributed by atoms with E-state index in [1.54, 1.807) is 48.1 Å². The highest BCUT2D eigenvalue weighted by Crippen LogP contribution is 2.31. The molecule has 3 aromatic carbocycles. The molecular weight excluding hydrogens is 443 g/mol. The van der Waals surface area contributed by atoms with E-state index >= 15 is 0 Å². The van der Waals surface area contributed by atoms with Gasteiger partial charge in [-0.15, -0.1) is 10.2 Å². The minimum absolute atomic E-state index is 0.0799. The summed E-state index contributed by atoms with van der Waals surface area (Å²) in [6.07, 6.45) is 0. The zero-order valence-corrected chi connectivity index (χ0v) is 18.8. The van der Waals surface area contributed by atoms with Crippen molar-refractivity contribution in [1.82, 2.24) is 14.8 Å². The van der Waals surface area contributed by atoms with Gasteiger partial charge in [0.15, 0.2) is 22.5 Å². The number of nitrogens with one attached hydrogen (secondary N) is 1. The van der Waals surface area contributed by atoms with Gasteiger partial charge >= 0.3 is 0 Å². The van der Waals surface area contributed by atoms with Crippen LogP contribution in [0.15, 0.2) is 78.0 Å². The number of carbonyl (C=O) groups excluding carboxylic acids is 1. The molecule has 7 nitrogen and oxygen atoms in total. The van der Waals surface area contributed by atoms with Crippen LogP contribution in [0, 0.1) is 5.82 Å². The van der Waals surface area contributed by atoms with E-state index in [2.05, 4.69) is 15.5 Å². The molecule has 0 unspecified atom stereocenters. The Balaban J connectivity index is 1.56. The molecule has 1 aromatic heterocycles. The van der Waals surface area contributed by atoms with Crippen LogP contribution in [0.5, 0.6) is 11.5 Å². The van der Waals surface area contributed by atoms with Crippen LogP contribution in [0.1, 0.15) is 0 Å². The van der Waals surface area contributed by atoms with Crippen molar-refractivity contribution >= 4 is 23.4 Å². The summed E-state index contributed by atoms with van der Waals surface area (Å²) in [5.74, 6) is 0.897. The molecule has 4 rings (SSSR count). The number of hydrogen-bond acceptors (Lipinski definition) is 6. The first-order valence-corrected chi connectivity index (χ1v) is 11.0. The number of methoxy groups -OCH3 is 2. The van der Waals surface area contributed by atoms with Crippen molar-refractivity contribution in [1.29, 1.82) is 0 Å². The minimum atomic E-state index is -0.398. The molecular formula is C24H21FN4O3S. The van der Waals surface area contributed by atoms with Crippen LogP contribution in [0.4, 0.5) is 10.1 Å². The quantitative estimate of drug-likeness (QED) is 0.377. The Hall–Kier alpha value is -3.85.